The first-order valence-corrected chi connectivity index (χ1v) is 14.3. The van der Waals surface area contributed by atoms with E-state index in [4.69, 9.17) is 27.7 Å². The number of hydrogen-bond acceptors (Lipinski definition) is 6. The fourth-order valence-corrected chi connectivity index (χ4v) is 4.64. The van der Waals surface area contributed by atoms with Crippen LogP contribution in [0.3, 0.4) is 0 Å². The second-order valence-electron chi connectivity index (χ2n) is 9.04. The van der Waals surface area contributed by atoms with Gasteiger partial charge in [-0.3, -0.25) is 0 Å². The lowest BCUT2D eigenvalue weighted by Crippen LogP contribution is -2.41. The molecule has 1 amide bonds. The third-order valence-electron chi connectivity index (χ3n) is 6.07. The molecule has 3 aromatic carbocycles. The first kappa shape index (κ1) is 29.8. The van der Waals surface area contributed by atoms with Crippen LogP contribution in [0.4, 0.5) is 23.7 Å². The number of thiocarbonyl (C=S) groups is 1. The van der Waals surface area contributed by atoms with Gasteiger partial charge in [-0.25, -0.2) is 14.5 Å². The molecule has 0 aliphatic rings. The number of unbranched alkanes of at least 4 members (excludes halogenated alkanes) is 1. The molecule has 0 atom stereocenters. The van der Waals surface area contributed by atoms with Gasteiger partial charge in [0.25, 0.3) is 0 Å². The molecule has 4 rings (SSSR count). The predicted molar refractivity (Wildman–Crippen MR) is 154 cm³/mol. The van der Waals surface area contributed by atoms with Gasteiger partial charge in [-0.05, 0) is 54.0 Å². The van der Waals surface area contributed by atoms with Gasteiger partial charge in [-0.2, -0.15) is 21.6 Å². The minimum atomic E-state index is -5.91. The summed E-state index contributed by atoms with van der Waals surface area (Å²) in [4.78, 5) is 16.8. The van der Waals surface area contributed by atoms with Crippen LogP contribution in [-0.4, -0.2) is 34.7 Å². The average molecular weight is 606 g/mol. The Morgan fingerprint density at radius 2 is 1.80 bits per heavy atom. The van der Waals surface area contributed by atoms with E-state index in [1.165, 1.54) is 12.1 Å². The summed E-state index contributed by atoms with van der Waals surface area (Å²) in [5.41, 5.74) is 4.37. The van der Waals surface area contributed by atoms with Crippen LogP contribution < -0.4 is 20.5 Å². The highest BCUT2D eigenvalue weighted by Crippen LogP contribution is 2.31. The Labute approximate surface area is 239 Å². The number of nitrogens with two attached hydrogens (primary N) is 1. The maximum Gasteiger partial charge on any atom is 0.516 e. The number of amides is 1. The third kappa shape index (κ3) is 7.13. The second kappa shape index (κ2) is 12.1. The van der Waals surface area contributed by atoms with Crippen molar-refractivity contribution >= 4 is 50.2 Å². The molecule has 0 radical (unpaired) electrons. The molecule has 1 heterocycles. The van der Waals surface area contributed by atoms with E-state index in [0.29, 0.717) is 17.7 Å². The number of ether oxygens (including phenoxy) is 1. The molecule has 0 bridgehead atoms. The van der Waals surface area contributed by atoms with Crippen molar-refractivity contribution in [2.24, 2.45) is 5.73 Å². The third-order valence-corrected chi connectivity index (χ3v) is 7.21. The van der Waals surface area contributed by atoms with E-state index in [-0.39, 0.29) is 10.9 Å². The molecule has 41 heavy (non-hydrogen) atoms. The molecule has 9 nitrogen and oxygen atoms in total. The number of para-hydroxylation sites is 1. The van der Waals surface area contributed by atoms with E-state index in [0.717, 1.165) is 52.1 Å². The molecule has 0 unspecified atom stereocenters. The number of anilines is 1. The molecule has 4 aromatic rings. The van der Waals surface area contributed by atoms with Crippen molar-refractivity contribution in [3.05, 3.63) is 78.1 Å². The van der Waals surface area contributed by atoms with Crippen molar-refractivity contribution in [2.45, 2.75) is 38.2 Å². The number of halogens is 3. The largest absolute Gasteiger partial charge is 0.516 e. The summed E-state index contributed by atoms with van der Waals surface area (Å²) in [5, 5.41) is 3.10. The Kier molecular flexibility index (Phi) is 8.83. The summed E-state index contributed by atoms with van der Waals surface area (Å²) >= 11 is 4.96. The monoisotopic (exact) mass is 605 g/mol. The SMILES string of the molecule is CCCCc1nc2ccc(NC(N)=S)cc2n1Cc1ccc(-c2ccccc2OC(=O)NS(=O)(=O)C(F)(F)F)cc1. The van der Waals surface area contributed by atoms with Crippen LogP contribution >= 0.6 is 12.2 Å². The van der Waals surface area contributed by atoms with Crippen molar-refractivity contribution in [2.75, 3.05) is 5.32 Å². The zero-order chi connectivity index (χ0) is 29.8. The van der Waals surface area contributed by atoms with E-state index >= 15 is 0 Å². The number of nitrogens with one attached hydrogen (secondary N) is 2. The molecule has 1 aromatic heterocycles. The molecule has 216 valence electrons. The fourth-order valence-electron chi connectivity index (χ4n) is 4.15. The first-order valence-electron chi connectivity index (χ1n) is 12.4. The van der Waals surface area contributed by atoms with Crippen molar-refractivity contribution in [3.8, 4) is 16.9 Å². The quantitative estimate of drug-likeness (QED) is 0.208. The molecule has 0 spiro atoms. The number of benzene rings is 3. The molecule has 0 saturated carbocycles. The summed E-state index contributed by atoms with van der Waals surface area (Å²) < 4.78 is 68.2. The smallest absolute Gasteiger partial charge is 0.409 e. The summed E-state index contributed by atoms with van der Waals surface area (Å²) in [6, 6.07) is 19.1. The van der Waals surface area contributed by atoms with Crippen LogP contribution in [0, 0.1) is 0 Å². The summed E-state index contributed by atoms with van der Waals surface area (Å²) in [6.07, 6.45) is 0.989. The normalized spacial score (nSPS) is 11.8. The second-order valence-corrected chi connectivity index (χ2v) is 11.2. The van der Waals surface area contributed by atoms with E-state index < -0.39 is 21.6 Å². The van der Waals surface area contributed by atoms with Crippen LogP contribution in [0.25, 0.3) is 22.2 Å². The molecule has 0 saturated heterocycles. The Morgan fingerprint density at radius 1 is 1.10 bits per heavy atom. The van der Waals surface area contributed by atoms with Gasteiger partial charge in [0.15, 0.2) is 5.11 Å². The van der Waals surface area contributed by atoms with E-state index in [9.17, 15) is 26.4 Å². The van der Waals surface area contributed by atoms with Gasteiger partial charge < -0.3 is 20.4 Å². The van der Waals surface area contributed by atoms with E-state index in [1.807, 2.05) is 30.3 Å². The zero-order valence-corrected chi connectivity index (χ0v) is 23.4. The highest BCUT2D eigenvalue weighted by atomic mass is 32.2. The minimum absolute atomic E-state index is 0.115. The maximum atomic E-state index is 12.6. The molecule has 0 aliphatic carbocycles. The molecule has 4 N–H and O–H groups in total. The lowest BCUT2D eigenvalue weighted by atomic mass is 10.0. The number of rotatable bonds is 9. The summed E-state index contributed by atoms with van der Waals surface area (Å²) in [7, 11) is -5.91. The van der Waals surface area contributed by atoms with E-state index in [1.54, 1.807) is 24.3 Å². The van der Waals surface area contributed by atoms with Crippen LogP contribution in [-0.2, 0) is 23.0 Å². The topological polar surface area (TPSA) is 128 Å². The van der Waals surface area contributed by atoms with Gasteiger partial charge >= 0.3 is 21.6 Å². The van der Waals surface area contributed by atoms with Gasteiger partial charge in [0.2, 0.25) is 0 Å². The number of sulfonamides is 1. The number of imidazole rings is 1. The number of aryl methyl sites for hydroxylation is 1. The van der Waals surface area contributed by atoms with Crippen LogP contribution in [0.5, 0.6) is 5.75 Å². The number of nitrogens with zero attached hydrogens (tertiary/aromatic N) is 2. The number of carbonyl (C=O) groups is 1. The first-order chi connectivity index (χ1) is 19.4. The number of carbonyl (C=O) groups excluding carboxylic acids is 1. The fraction of sp³-hybridized carbons (Fsp3) is 0.222. The molecule has 0 aliphatic heterocycles. The van der Waals surface area contributed by atoms with Crippen LogP contribution in [0.1, 0.15) is 31.2 Å². The van der Waals surface area contributed by atoms with Gasteiger partial charge in [0.05, 0.1) is 11.0 Å². The van der Waals surface area contributed by atoms with Crippen molar-refractivity contribution in [1.29, 1.82) is 0 Å². The van der Waals surface area contributed by atoms with E-state index in [2.05, 4.69) is 16.8 Å². The minimum Gasteiger partial charge on any atom is -0.409 e. The highest BCUT2D eigenvalue weighted by Gasteiger charge is 2.47. The van der Waals surface area contributed by atoms with Gasteiger partial charge in [-0.15, -0.1) is 0 Å². The number of alkyl halides is 3. The summed E-state index contributed by atoms with van der Waals surface area (Å²) in [6.45, 7) is 2.61. The lowest BCUT2D eigenvalue weighted by molar-refractivity contribution is -0.0446. The Hall–Kier alpha value is -4.17. The van der Waals surface area contributed by atoms with Crippen molar-refractivity contribution in [3.63, 3.8) is 0 Å². The Morgan fingerprint density at radius 3 is 2.46 bits per heavy atom. The van der Waals surface area contributed by atoms with Crippen molar-refractivity contribution in [1.82, 2.24) is 14.3 Å². The number of fused-ring (bicyclic) bond motifs is 1. The van der Waals surface area contributed by atoms with Crippen molar-refractivity contribution < 1.29 is 31.1 Å². The highest BCUT2D eigenvalue weighted by molar-refractivity contribution is 7.90. The lowest BCUT2D eigenvalue weighted by Gasteiger charge is -2.13. The predicted octanol–water partition coefficient (Wildman–Crippen LogP) is 5.69. The zero-order valence-electron chi connectivity index (χ0n) is 21.7. The number of aromatic nitrogens is 2. The molecule has 14 heteroatoms. The standard InChI is InChI=1S/C27H26F3N5O4S2/c1-2-3-8-24-33-21-14-13-19(32-25(31)40)15-22(21)35(24)16-17-9-11-18(12-10-17)20-6-4-5-7-23(20)39-26(36)34-41(37,38)27(28,29)30/h4-7,9-15H,2-3,8,16H2,1H3,(H,34,36)(H3,31,32,40). The van der Waals surface area contributed by atoms with Gasteiger partial charge in [0.1, 0.15) is 11.6 Å². The van der Waals surface area contributed by atoms with Gasteiger partial charge in [0, 0.05) is 24.2 Å². The van der Waals surface area contributed by atoms with Crippen LogP contribution in [0.15, 0.2) is 66.7 Å². The molecular weight excluding hydrogens is 579 g/mol. The Bertz CT molecular complexity index is 1690. The van der Waals surface area contributed by atoms with Gasteiger partial charge in [-0.1, -0.05) is 55.8 Å². The maximum absolute atomic E-state index is 12.6. The average Bonchev–Trinajstić information content (AvgIpc) is 3.23. The summed E-state index contributed by atoms with van der Waals surface area (Å²) in [5.74, 6) is 0.812. The molecule has 0 fully saturated rings. The number of hydrogen-bond donors (Lipinski definition) is 3. The molecular formula is C27H26F3N5O4S2. The Balaban J connectivity index is 1.59. The van der Waals surface area contributed by atoms with Crippen LogP contribution in [0.2, 0.25) is 0 Å².